The van der Waals surface area contributed by atoms with Crippen molar-refractivity contribution in [1.29, 1.82) is 0 Å². The summed E-state index contributed by atoms with van der Waals surface area (Å²) >= 11 is 1.32. The highest BCUT2D eigenvalue weighted by Crippen LogP contribution is 2.33. The number of furan rings is 1. The molecule has 28 heavy (non-hydrogen) atoms. The van der Waals surface area contributed by atoms with Crippen molar-refractivity contribution in [3.8, 4) is 11.3 Å². The maximum atomic E-state index is 12.2. The van der Waals surface area contributed by atoms with Gasteiger partial charge in [-0.15, -0.1) is 0 Å². The first-order valence-corrected chi connectivity index (χ1v) is 9.53. The van der Waals surface area contributed by atoms with Crippen molar-refractivity contribution in [3.05, 3.63) is 56.7 Å². The molecule has 0 unspecified atom stereocenters. The van der Waals surface area contributed by atoms with Crippen LogP contribution in [0.1, 0.15) is 11.3 Å². The van der Waals surface area contributed by atoms with Gasteiger partial charge < -0.3 is 14.1 Å². The Morgan fingerprint density at radius 3 is 2.79 bits per heavy atom. The Labute approximate surface area is 165 Å². The summed E-state index contributed by atoms with van der Waals surface area (Å²) in [5.74, 6) is 0.712. The Morgan fingerprint density at radius 2 is 2.04 bits per heavy atom. The number of amides is 1. The molecule has 0 spiro atoms. The van der Waals surface area contributed by atoms with Gasteiger partial charge in [0.25, 0.3) is 11.6 Å². The average Bonchev–Trinajstić information content (AvgIpc) is 3.30. The minimum absolute atomic E-state index is 0.00184. The fourth-order valence-corrected chi connectivity index (χ4v) is 3.93. The van der Waals surface area contributed by atoms with Gasteiger partial charge in [0.05, 0.1) is 23.0 Å². The molecule has 1 saturated heterocycles. The molecular formula is C19H17N3O5S. The van der Waals surface area contributed by atoms with Crippen molar-refractivity contribution >= 4 is 34.6 Å². The van der Waals surface area contributed by atoms with E-state index in [1.54, 1.807) is 24.3 Å². The maximum Gasteiger partial charge on any atom is 0.286 e. The second-order valence-corrected chi connectivity index (χ2v) is 7.38. The topological polar surface area (TPSA) is 98.2 Å². The number of aliphatic imine (C=N–C) groups is 1. The lowest BCUT2D eigenvalue weighted by atomic mass is 10.1. The van der Waals surface area contributed by atoms with Crippen molar-refractivity contribution in [1.82, 2.24) is 4.90 Å². The van der Waals surface area contributed by atoms with Gasteiger partial charge in [0.15, 0.2) is 5.17 Å². The molecular weight excluding hydrogens is 382 g/mol. The first kappa shape index (κ1) is 18.5. The Balaban J connectivity index is 1.55. The minimum Gasteiger partial charge on any atom is -0.457 e. The van der Waals surface area contributed by atoms with Crippen LogP contribution < -0.4 is 0 Å². The molecule has 0 N–H and O–H groups in total. The first-order chi connectivity index (χ1) is 13.5. The SMILES string of the molecule is Cc1ccc([N+](=O)[O-])cc1-c1ccc(/C=C2/SC(N3CCOCC3)=NC2=O)o1. The molecule has 144 valence electrons. The van der Waals surface area contributed by atoms with Gasteiger partial charge in [-0.2, -0.15) is 4.99 Å². The monoisotopic (exact) mass is 399 g/mol. The van der Waals surface area contributed by atoms with Gasteiger partial charge in [0.2, 0.25) is 0 Å². The number of hydrogen-bond donors (Lipinski definition) is 0. The van der Waals surface area contributed by atoms with E-state index in [-0.39, 0.29) is 11.6 Å². The molecule has 0 radical (unpaired) electrons. The number of benzene rings is 1. The third-order valence-electron chi connectivity index (χ3n) is 4.49. The lowest BCUT2D eigenvalue weighted by Crippen LogP contribution is -2.38. The molecule has 0 bridgehead atoms. The number of amidine groups is 1. The number of nitrogens with zero attached hydrogens (tertiary/aromatic N) is 3. The van der Waals surface area contributed by atoms with Crippen LogP contribution in [0.2, 0.25) is 0 Å². The molecule has 2 aliphatic rings. The normalized spacial score (nSPS) is 18.6. The van der Waals surface area contributed by atoms with Crippen LogP contribution in [0.3, 0.4) is 0 Å². The van der Waals surface area contributed by atoms with E-state index in [1.807, 2.05) is 11.8 Å². The van der Waals surface area contributed by atoms with Gasteiger partial charge in [-0.3, -0.25) is 14.9 Å². The quantitative estimate of drug-likeness (QED) is 0.443. The Bertz CT molecular complexity index is 1000. The number of ether oxygens (including phenoxy) is 1. The minimum atomic E-state index is -0.437. The second kappa shape index (κ2) is 7.61. The molecule has 2 aromatic rings. The van der Waals surface area contributed by atoms with Crippen molar-refractivity contribution < 1.29 is 18.9 Å². The first-order valence-electron chi connectivity index (χ1n) is 8.72. The lowest BCUT2D eigenvalue weighted by Gasteiger charge is -2.27. The van der Waals surface area contributed by atoms with Crippen LogP contribution in [-0.4, -0.2) is 47.2 Å². The average molecular weight is 399 g/mol. The molecule has 9 heteroatoms. The predicted molar refractivity (Wildman–Crippen MR) is 106 cm³/mol. The third kappa shape index (κ3) is 3.71. The summed E-state index contributed by atoms with van der Waals surface area (Å²) in [6.45, 7) is 4.53. The maximum absolute atomic E-state index is 12.2. The zero-order chi connectivity index (χ0) is 19.7. The number of aryl methyl sites for hydroxylation is 1. The number of nitro benzene ring substituents is 1. The van der Waals surface area contributed by atoms with Crippen molar-refractivity contribution in [3.63, 3.8) is 0 Å². The molecule has 1 fully saturated rings. The summed E-state index contributed by atoms with van der Waals surface area (Å²) in [6, 6.07) is 8.11. The molecule has 0 atom stereocenters. The van der Waals surface area contributed by atoms with Crippen molar-refractivity contribution in [2.24, 2.45) is 4.99 Å². The number of thioether (sulfide) groups is 1. The molecule has 1 aromatic carbocycles. The number of morpholine rings is 1. The molecule has 0 saturated carbocycles. The fourth-order valence-electron chi connectivity index (χ4n) is 2.98. The Hall–Kier alpha value is -2.91. The number of carbonyl (C=O) groups excluding carboxylic acids is 1. The van der Waals surface area contributed by atoms with Crippen LogP contribution in [-0.2, 0) is 9.53 Å². The molecule has 8 nitrogen and oxygen atoms in total. The number of carbonyl (C=O) groups is 1. The van der Waals surface area contributed by atoms with E-state index in [2.05, 4.69) is 4.99 Å². The molecule has 3 heterocycles. The molecule has 0 aliphatic carbocycles. The standard InChI is InChI=1S/C19H17N3O5S/c1-12-2-3-13(22(24)25)10-15(12)16-5-4-14(27-16)11-17-18(23)20-19(28-17)21-6-8-26-9-7-21/h2-5,10-11H,6-9H2,1H3/b17-11+. The number of rotatable bonds is 3. The van der Waals surface area contributed by atoms with Gasteiger partial charge >= 0.3 is 0 Å². The summed E-state index contributed by atoms with van der Waals surface area (Å²) in [5, 5.41) is 11.7. The smallest absolute Gasteiger partial charge is 0.286 e. The number of nitro groups is 1. The highest BCUT2D eigenvalue weighted by atomic mass is 32.2. The van der Waals surface area contributed by atoms with Crippen molar-refractivity contribution in [2.75, 3.05) is 26.3 Å². The molecule has 1 aromatic heterocycles. The van der Waals surface area contributed by atoms with E-state index in [1.165, 1.54) is 23.9 Å². The van der Waals surface area contributed by atoms with Crippen LogP contribution in [0, 0.1) is 17.0 Å². The summed E-state index contributed by atoms with van der Waals surface area (Å²) in [7, 11) is 0. The third-order valence-corrected chi connectivity index (χ3v) is 5.53. The van der Waals surface area contributed by atoms with Crippen molar-refractivity contribution in [2.45, 2.75) is 6.92 Å². The zero-order valence-electron chi connectivity index (χ0n) is 15.1. The van der Waals surface area contributed by atoms with Gasteiger partial charge in [-0.05, 0) is 36.4 Å². The zero-order valence-corrected chi connectivity index (χ0v) is 15.9. The van der Waals surface area contributed by atoms with E-state index in [0.29, 0.717) is 53.5 Å². The van der Waals surface area contributed by atoms with E-state index in [9.17, 15) is 14.9 Å². The lowest BCUT2D eigenvalue weighted by molar-refractivity contribution is -0.384. The second-order valence-electron chi connectivity index (χ2n) is 6.37. The highest BCUT2D eigenvalue weighted by molar-refractivity contribution is 8.18. The van der Waals surface area contributed by atoms with Crippen LogP contribution in [0.4, 0.5) is 5.69 Å². The predicted octanol–water partition coefficient (Wildman–Crippen LogP) is 3.47. The van der Waals surface area contributed by atoms with Gasteiger partial charge in [0, 0.05) is 36.9 Å². The van der Waals surface area contributed by atoms with E-state index in [0.717, 1.165) is 5.56 Å². The van der Waals surface area contributed by atoms with Crippen LogP contribution >= 0.6 is 11.8 Å². The Morgan fingerprint density at radius 1 is 1.25 bits per heavy atom. The van der Waals surface area contributed by atoms with Crippen LogP contribution in [0.5, 0.6) is 0 Å². The van der Waals surface area contributed by atoms with E-state index >= 15 is 0 Å². The molecule has 1 amide bonds. The molecule has 4 rings (SSSR count). The summed E-state index contributed by atoms with van der Waals surface area (Å²) < 4.78 is 11.2. The molecule has 2 aliphatic heterocycles. The highest BCUT2D eigenvalue weighted by Gasteiger charge is 2.27. The van der Waals surface area contributed by atoms with Gasteiger partial charge in [0.1, 0.15) is 11.5 Å². The van der Waals surface area contributed by atoms with Crippen LogP contribution in [0.25, 0.3) is 17.4 Å². The largest absolute Gasteiger partial charge is 0.457 e. The number of hydrogen-bond acceptors (Lipinski definition) is 7. The van der Waals surface area contributed by atoms with Gasteiger partial charge in [-0.25, -0.2) is 0 Å². The van der Waals surface area contributed by atoms with Crippen LogP contribution in [0.15, 0.2) is 44.6 Å². The van der Waals surface area contributed by atoms with Gasteiger partial charge in [-0.1, -0.05) is 6.07 Å². The summed E-state index contributed by atoms with van der Waals surface area (Å²) in [4.78, 5) is 29.5. The van der Waals surface area contributed by atoms with E-state index in [4.69, 9.17) is 9.15 Å². The fraction of sp³-hybridized carbons (Fsp3) is 0.263. The Kier molecular flexibility index (Phi) is 5.01. The summed E-state index contributed by atoms with van der Waals surface area (Å²) in [5.41, 5.74) is 1.51. The summed E-state index contributed by atoms with van der Waals surface area (Å²) in [6.07, 6.45) is 1.65. The van der Waals surface area contributed by atoms with E-state index < -0.39 is 4.92 Å². The number of non-ortho nitro benzene ring substituents is 1.